The first-order valence-corrected chi connectivity index (χ1v) is 19.0. The van der Waals surface area contributed by atoms with Gasteiger partial charge in [-0.2, -0.15) is 0 Å². The molecule has 5 heteroatoms. The number of hydrogen-bond donors (Lipinski definition) is 0. The number of aromatic nitrogens is 5. The molecule has 0 aliphatic heterocycles. The average molecular weight is 714 g/mol. The largest absolute Gasteiger partial charge is 0.305 e. The van der Waals surface area contributed by atoms with E-state index in [1.165, 1.54) is 38.4 Å². The molecule has 4 heterocycles. The maximum absolute atomic E-state index is 5.32. The molecule has 0 aliphatic rings. The van der Waals surface area contributed by atoms with E-state index in [2.05, 4.69) is 179 Å². The summed E-state index contributed by atoms with van der Waals surface area (Å²) in [5, 5.41) is 4.79. The molecule has 12 aromatic rings. The van der Waals surface area contributed by atoms with Gasteiger partial charge in [0.15, 0.2) is 17.5 Å². The summed E-state index contributed by atoms with van der Waals surface area (Å²) in [6, 6.07) is 66.5. The summed E-state index contributed by atoms with van der Waals surface area (Å²) in [6.45, 7) is 0. The lowest BCUT2D eigenvalue weighted by molar-refractivity contribution is 1.08. The zero-order valence-electron chi connectivity index (χ0n) is 30.1. The zero-order valence-corrected chi connectivity index (χ0v) is 30.1. The van der Waals surface area contributed by atoms with Crippen LogP contribution in [-0.2, 0) is 0 Å². The number of fused-ring (bicyclic) bond motifs is 8. The molecule has 0 radical (unpaired) electrons. The molecule has 0 spiro atoms. The summed E-state index contributed by atoms with van der Waals surface area (Å²) in [4.78, 5) is 15.7. The van der Waals surface area contributed by atoms with Gasteiger partial charge in [-0.1, -0.05) is 146 Å². The monoisotopic (exact) mass is 713 g/mol. The Labute approximate surface area is 321 Å². The molecule has 0 saturated carbocycles. The molecule has 0 aliphatic carbocycles. The minimum Gasteiger partial charge on any atom is -0.305 e. The smallest absolute Gasteiger partial charge is 0.164 e. The number of rotatable bonds is 5. The number of benzene rings is 8. The van der Waals surface area contributed by atoms with Gasteiger partial charge in [-0.15, -0.1) is 0 Å². The quantitative estimate of drug-likeness (QED) is 0.167. The van der Waals surface area contributed by atoms with Gasteiger partial charge in [-0.3, -0.25) is 0 Å². The maximum atomic E-state index is 5.32. The molecule has 0 N–H and O–H groups in total. The van der Waals surface area contributed by atoms with Crippen LogP contribution in [0.25, 0.3) is 111 Å². The first-order valence-electron chi connectivity index (χ1n) is 19.0. The van der Waals surface area contributed by atoms with Crippen LogP contribution in [0.15, 0.2) is 188 Å². The van der Waals surface area contributed by atoms with Crippen LogP contribution < -0.4 is 0 Å². The summed E-state index contributed by atoms with van der Waals surface area (Å²) >= 11 is 0. The molecule has 0 fully saturated rings. The van der Waals surface area contributed by atoms with Gasteiger partial charge >= 0.3 is 0 Å². The third-order valence-corrected chi connectivity index (χ3v) is 11.3. The van der Waals surface area contributed by atoms with E-state index in [1.54, 1.807) is 0 Å². The Morgan fingerprint density at radius 1 is 0.286 bits per heavy atom. The Kier molecular flexibility index (Phi) is 6.56. The predicted molar refractivity (Wildman–Crippen MR) is 230 cm³/mol. The number of hydrogen-bond acceptors (Lipinski definition) is 3. The van der Waals surface area contributed by atoms with Gasteiger partial charge in [-0.05, 0) is 64.7 Å². The van der Waals surface area contributed by atoms with E-state index in [1.807, 2.05) is 18.2 Å². The summed E-state index contributed by atoms with van der Waals surface area (Å²) in [7, 11) is 0. The van der Waals surface area contributed by atoms with Crippen LogP contribution in [0.1, 0.15) is 0 Å². The molecular weight excluding hydrogens is 683 g/mol. The normalized spacial score (nSPS) is 11.9. The van der Waals surface area contributed by atoms with Gasteiger partial charge in [-0.25, -0.2) is 15.0 Å². The zero-order chi connectivity index (χ0) is 36.7. The molecule has 56 heavy (non-hydrogen) atoms. The van der Waals surface area contributed by atoms with Crippen LogP contribution in [0.3, 0.4) is 0 Å². The predicted octanol–water partition coefficient (Wildman–Crippen LogP) is 12.8. The topological polar surface area (TPSA) is 47.5 Å². The van der Waals surface area contributed by atoms with E-state index in [4.69, 9.17) is 15.0 Å². The van der Waals surface area contributed by atoms with Crippen molar-refractivity contribution < 1.29 is 0 Å². The van der Waals surface area contributed by atoms with Crippen molar-refractivity contribution in [2.24, 2.45) is 0 Å². The van der Waals surface area contributed by atoms with E-state index < -0.39 is 0 Å². The van der Waals surface area contributed by atoms with Crippen LogP contribution in [0.4, 0.5) is 0 Å². The molecule has 0 saturated heterocycles. The van der Waals surface area contributed by atoms with Crippen molar-refractivity contribution in [2.45, 2.75) is 0 Å². The first kappa shape index (κ1) is 30.8. The SMILES string of the molecule is c1ccc(-c2cccc(-c3cccc(-c4nc(-c5ccccc5)nc(-c5ccc6c7c5c5ccccc5n7c5cccc7c8ccccc8n6c75)n4)c3)c2)cc1. The summed E-state index contributed by atoms with van der Waals surface area (Å²) < 4.78 is 4.88. The molecule has 12 rings (SSSR count). The fourth-order valence-corrected chi connectivity index (χ4v) is 8.82. The Balaban J connectivity index is 1.12. The average Bonchev–Trinajstić information content (AvgIpc) is 3.81. The van der Waals surface area contributed by atoms with Crippen LogP contribution in [0.5, 0.6) is 0 Å². The maximum Gasteiger partial charge on any atom is 0.164 e. The Morgan fingerprint density at radius 3 is 1.50 bits per heavy atom. The fourth-order valence-electron chi connectivity index (χ4n) is 8.82. The Bertz CT molecular complexity index is 3470. The van der Waals surface area contributed by atoms with Gasteiger partial charge in [0.05, 0.1) is 33.1 Å². The minimum absolute atomic E-state index is 0.631. The minimum atomic E-state index is 0.631. The molecule has 0 atom stereocenters. The van der Waals surface area contributed by atoms with Crippen molar-refractivity contribution in [3.8, 4) is 56.4 Å². The molecule has 0 bridgehead atoms. The second-order valence-electron chi connectivity index (χ2n) is 14.4. The number of para-hydroxylation sites is 3. The Hall–Kier alpha value is -7.63. The lowest BCUT2D eigenvalue weighted by Crippen LogP contribution is -2.01. The standard InChI is InChI=1S/C51H31N5/c1-3-14-32(15-4-1)34-18-11-19-35(30-34)36-20-12-21-37(31-36)50-52-49(33-16-5-2-6-17-33)53-51(54-50)41-28-29-45-48-46(41)40-23-8-10-26-43(40)56(48)44-27-13-24-39-38-22-7-9-25-42(38)55(45)47(39)44/h1-31H. The van der Waals surface area contributed by atoms with Gasteiger partial charge in [0.25, 0.3) is 0 Å². The lowest BCUT2D eigenvalue weighted by atomic mass is 9.98. The third kappa shape index (κ3) is 4.52. The van der Waals surface area contributed by atoms with Crippen molar-refractivity contribution in [3.05, 3.63) is 188 Å². The van der Waals surface area contributed by atoms with Crippen molar-refractivity contribution in [1.29, 1.82) is 0 Å². The first-order chi connectivity index (χ1) is 27.8. The van der Waals surface area contributed by atoms with E-state index in [0.29, 0.717) is 17.5 Å². The van der Waals surface area contributed by atoms with Gasteiger partial charge in [0.1, 0.15) is 0 Å². The highest BCUT2D eigenvalue weighted by molar-refractivity contribution is 6.24. The van der Waals surface area contributed by atoms with E-state index in [0.717, 1.165) is 55.1 Å². The Morgan fingerprint density at radius 2 is 0.750 bits per heavy atom. The van der Waals surface area contributed by atoms with Crippen molar-refractivity contribution in [1.82, 2.24) is 23.8 Å². The molecule has 5 nitrogen and oxygen atoms in total. The van der Waals surface area contributed by atoms with E-state index in [-0.39, 0.29) is 0 Å². The highest BCUT2D eigenvalue weighted by atomic mass is 15.0. The molecule has 0 amide bonds. The van der Waals surface area contributed by atoms with E-state index >= 15 is 0 Å². The molecule has 260 valence electrons. The van der Waals surface area contributed by atoms with Crippen molar-refractivity contribution in [2.75, 3.05) is 0 Å². The van der Waals surface area contributed by atoms with Crippen LogP contribution in [0, 0.1) is 0 Å². The highest BCUT2D eigenvalue weighted by Gasteiger charge is 2.24. The summed E-state index contributed by atoms with van der Waals surface area (Å²) in [5.41, 5.74) is 14.5. The van der Waals surface area contributed by atoms with E-state index in [9.17, 15) is 0 Å². The molecule has 4 aromatic heterocycles. The summed E-state index contributed by atoms with van der Waals surface area (Å²) in [5.74, 6) is 1.91. The van der Waals surface area contributed by atoms with Crippen molar-refractivity contribution in [3.63, 3.8) is 0 Å². The van der Waals surface area contributed by atoms with Gasteiger partial charge in [0, 0.05) is 38.2 Å². The van der Waals surface area contributed by atoms with Gasteiger partial charge in [0.2, 0.25) is 0 Å². The molecule has 0 unspecified atom stereocenters. The van der Waals surface area contributed by atoms with Crippen LogP contribution in [-0.4, -0.2) is 23.8 Å². The fraction of sp³-hybridized carbons (Fsp3) is 0. The van der Waals surface area contributed by atoms with Crippen LogP contribution in [0.2, 0.25) is 0 Å². The van der Waals surface area contributed by atoms with Crippen LogP contribution >= 0.6 is 0 Å². The molecule has 8 aromatic carbocycles. The molecular formula is C51H31N5. The second kappa shape index (κ2) is 11.9. The lowest BCUT2D eigenvalue weighted by Gasteiger charge is -2.14. The number of nitrogens with zero attached hydrogens (tertiary/aromatic N) is 5. The summed E-state index contributed by atoms with van der Waals surface area (Å²) in [6.07, 6.45) is 0. The highest BCUT2D eigenvalue weighted by Crippen LogP contribution is 2.44. The third-order valence-electron chi connectivity index (χ3n) is 11.3. The second-order valence-corrected chi connectivity index (χ2v) is 14.4. The van der Waals surface area contributed by atoms with Gasteiger partial charge < -0.3 is 8.80 Å². The van der Waals surface area contributed by atoms with Crippen molar-refractivity contribution >= 4 is 54.6 Å².